The highest BCUT2D eigenvalue weighted by atomic mass is 16.4. The molecule has 51 heavy (non-hydrogen) atoms. The third kappa shape index (κ3) is 12.2. The molecule has 0 aliphatic heterocycles. The van der Waals surface area contributed by atoms with E-state index >= 15 is 0 Å². The Kier molecular flexibility index (Phi) is 14.4. The Morgan fingerprint density at radius 3 is 1.86 bits per heavy atom. The number of aromatic nitrogens is 1. The Hall–Kier alpha value is -4.69. The number of carboxylic acids is 2. The number of nitrogens with zero attached hydrogens (tertiary/aromatic N) is 2. The van der Waals surface area contributed by atoms with E-state index in [-0.39, 0.29) is 19.0 Å². The van der Waals surface area contributed by atoms with Gasteiger partial charge in [0.2, 0.25) is 11.9 Å². The van der Waals surface area contributed by atoms with Gasteiger partial charge in [-0.05, 0) is 47.6 Å². The van der Waals surface area contributed by atoms with E-state index < -0.39 is 58.9 Å². The maximum Gasteiger partial charge on any atom is 0.332 e. The number of amides is 2. The van der Waals surface area contributed by atoms with Crippen molar-refractivity contribution in [3.63, 3.8) is 0 Å². The Morgan fingerprint density at radius 1 is 0.765 bits per heavy atom. The number of pyridine rings is 1. The lowest BCUT2D eigenvalue weighted by Crippen LogP contribution is -2.62. The fraction of sp³-hybridized carbons (Fsp3) is 0.447. The first-order valence-corrected chi connectivity index (χ1v) is 16.9. The van der Waals surface area contributed by atoms with Gasteiger partial charge in [-0.15, -0.1) is 0 Å². The second kappa shape index (κ2) is 18.0. The van der Waals surface area contributed by atoms with Gasteiger partial charge in [-0.25, -0.2) is 14.6 Å². The number of nitrogens with one attached hydrogen (secondary N) is 4. The summed E-state index contributed by atoms with van der Waals surface area (Å²) in [5.41, 5.74) is 4.77. The molecule has 13 heteroatoms. The minimum absolute atomic E-state index is 0.108. The summed E-state index contributed by atoms with van der Waals surface area (Å²) in [5.74, 6) is -4.27. The summed E-state index contributed by atoms with van der Waals surface area (Å²) in [6, 6.07) is 17.9. The number of carbonyl (C=O) groups excluding carboxylic acids is 2. The van der Waals surface area contributed by atoms with Crippen molar-refractivity contribution < 1.29 is 34.5 Å². The average Bonchev–Trinajstić information content (AvgIpc) is 3.04. The average molecular weight is 705 g/mol. The lowest BCUT2D eigenvalue weighted by molar-refractivity contribution is -0.152. The Balaban J connectivity index is 1.97. The number of hydrazine groups is 1. The van der Waals surface area contributed by atoms with Crippen molar-refractivity contribution in [1.29, 1.82) is 0 Å². The van der Waals surface area contributed by atoms with Crippen molar-refractivity contribution in [2.75, 3.05) is 13.6 Å². The van der Waals surface area contributed by atoms with Crippen LogP contribution in [-0.2, 0) is 32.1 Å². The van der Waals surface area contributed by atoms with Crippen LogP contribution in [0.3, 0.4) is 0 Å². The standard InChI is InChI=1S/C38H52N6O7/c1-37(2,3)31(39-7)33(46)41-28(21-24-13-9-8-10-14-24)29(45)23-44(22-25-16-18-26(19-17-25)27-15-11-12-20-40-27)43-34(47)32(38(4,5)6)42-30(35(48)49)36(50)51/h8-20,28-32,39,42,45H,21-23H2,1-7H3,(H,41,46)(H,43,47)(H,48,49)(H,50,51)/t28-,29-,31+,32+/m0/s1. The van der Waals surface area contributed by atoms with Gasteiger partial charge in [-0.1, -0.05) is 102 Å². The van der Waals surface area contributed by atoms with Crippen molar-refractivity contribution in [3.05, 3.63) is 90.1 Å². The maximum absolute atomic E-state index is 13.9. The normalized spacial score (nSPS) is 14.4. The van der Waals surface area contributed by atoms with Gasteiger partial charge in [-0.3, -0.25) is 25.3 Å². The smallest absolute Gasteiger partial charge is 0.332 e. The van der Waals surface area contributed by atoms with E-state index in [1.807, 2.05) is 93.6 Å². The molecule has 2 amide bonds. The fourth-order valence-corrected chi connectivity index (χ4v) is 5.77. The number of benzene rings is 2. The summed E-state index contributed by atoms with van der Waals surface area (Å²) < 4.78 is 0. The van der Waals surface area contributed by atoms with Crippen molar-refractivity contribution in [2.24, 2.45) is 10.8 Å². The van der Waals surface area contributed by atoms with Gasteiger partial charge in [-0.2, -0.15) is 0 Å². The number of aliphatic carboxylic acids is 2. The zero-order valence-corrected chi connectivity index (χ0v) is 30.4. The van der Waals surface area contributed by atoms with Crippen molar-refractivity contribution in [2.45, 2.75) is 84.8 Å². The molecule has 3 rings (SSSR count). The molecule has 4 atom stereocenters. The molecule has 0 aliphatic rings. The Bertz CT molecular complexity index is 1580. The lowest BCUT2D eigenvalue weighted by atomic mass is 9.85. The Morgan fingerprint density at radius 2 is 1.35 bits per heavy atom. The highest BCUT2D eigenvalue weighted by Gasteiger charge is 2.39. The summed E-state index contributed by atoms with van der Waals surface area (Å²) in [4.78, 5) is 55.3. The maximum atomic E-state index is 13.9. The van der Waals surface area contributed by atoms with Crippen molar-refractivity contribution in [1.82, 2.24) is 31.4 Å². The summed E-state index contributed by atoms with van der Waals surface area (Å²) >= 11 is 0. The lowest BCUT2D eigenvalue weighted by Gasteiger charge is -2.36. The molecule has 0 unspecified atom stereocenters. The monoisotopic (exact) mass is 704 g/mol. The molecule has 3 aromatic rings. The molecular weight excluding hydrogens is 652 g/mol. The van der Waals surface area contributed by atoms with E-state index in [9.17, 15) is 34.5 Å². The predicted octanol–water partition coefficient (Wildman–Crippen LogP) is 2.85. The first-order chi connectivity index (χ1) is 23.9. The van der Waals surface area contributed by atoms with Crippen LogP contribution in [0.2, 0.25) is 0 Å². The Labute approximate surface area is 299 Å². The van der Waals surface area contributed by atoms with Crippen LogP contribution in [0.4, 0.5) is 0 Å². The van der Waals surface area contributed by atoms with E-state index in [0.717, 1.165) is 22.4 Å². The molecule has 2 aromatic carbocycles. The SMILES string of the molecule is CN[C@H](C(=O)N[C@@H](Cc1ccccc1)[C@@H](O)CN(Cc1ccc(-c2ccccn2)cc1)NC(=O)[C@@H](NC(C(=O)O)C(=O)O)C(C)(C)C)C(C)(C)C. The summed E-state index contributed by atoms with van der Waals surface area (Å²) in [6.07, 6.45) is 0.790. The third-order valence-corrected chi connectivity index (χ3v) is 8.43. The quantitative estimate of drug-likeness (QED) is 0.0807. The zero-order valence-electron chi connectivity index (χ0n) is 30.4. The second-order valence-electron chi connectivity index (χ2n) is 14.8. The highest BCUT2D eigenvalue weighted by molar-refractivity contribution is 5.98. The molecule has 7 N–H and O–H groups in total. The molecule has 0 fully saturated rings. The summed E-state index contributed by atoms with van der Waals surface area (Å²) in [7, 11) is 1.70. The topological polar surface area (TPSA) is 193 Å². The van der Waals surface area contributed by atoms with Crippen LogP contribution < -0.4 is 21.4 Å². The van der Waals surface area contributed by atoms with E-state index in [1.165, 1.54) is 5.01 Å². The van der Waals surface area contributed by atoms with E-state index in [2.05, 4.69) is 26.4 Å². The number of hydrogen-bond acceptors (Lipinski definition) is 9. The van der Waals surface area contributed by atoms with Crippen LogP contribution in [0.25, 0.3) is 11.3 Å². The van der Waals surface area contributed by atoms with Gasteiger partial charge in [0.05, 0.1) is 29.9 Å². The minimum Gasteiger partial charge on any atom is -0.480 e. The molecule has 276 valence electrons. The van der Waals surface area contributed by atoms with Crippen LogP contribution in [0, 0.1) is 10.8 Å². The molecule has 0 spiro atoms. The number of aliphatic hydroxyl groups excluding tert-OH is 1. The number of carbonyl (C=O) groups is 4. The van der Waals surface area contributed by atoms with Crippen LogP contribution >= 0.6 is 0 Å². The second-order valence-corrected chi connectivity index (χ2v) is 14.8. The molecule has 1 aromatic heterocycles. The third-order valence-electron chi connectivity index (χ3n) is 8.43. The van der Waals surface area contributed by atoms with Crippen LogP contribution in [0.1, 0.15) is 52.7 Å². The van der Waals surface area contributed by atoms with E-state index in [4.69, 9.17) is 0 Å². The van der Waals surface area contributed by atoms with Crippen LogP contribution in [0.15, 0.2) is 79.0 Å². The van der Waals surface area contributed by atoms with Crippen LogP contribution in [0.5, 0.6) is 0 Å². The summed E-state index contributed by atoms with van der Waals surface area (Å²) in [5, 5.41) is 41.0. The molecule has 0 radical (unpaired) electrons. The molecule has 13 nitrogen and oxygen atoms in total. The van der Waals surface area contributed by atoms with E-state index in [1.54, 1.807) is 34.0 Å². The number of carboxylic acid groups (broad SMARTS) is 2. The van der Waals surface area contributed by atoms with Crippen molar-refractivity contribution in [3.8, 4) is 11.3 Å². The van der Waals surface area contributed by atoms with E-state index in [0.29, 0.717) is 6.42 Å². The summed E-state index contributed by atoms with van der Waals surface area (Å²) in [6.45, 7) is 10.8. The molecule has 1 heterocycles. The van der Waals surface area contributed by atoms with Gasteiger partial charge in [0.1, 0.15) is 0 Å². The fourth-order valence-electron chi connectivity index (χ4n) is 5.77. The highest BCUT2D eigenvalue weighted by Crippen LogP contribution is 2.23. The largest absolute Gasteiger partial charge is 0.480 e. The first-order valence-electron chi connectivity index (χ1n) is 16.9. The van der Waals surface area contributed by atoms with Gasteiger partial charge < -0.3 is 26.0 Å². The molecule has 0 saturated carbocycles. The number of aliphatic hydroxyl groups is 1. The minimum atomic E-state index is -2.04. The molecule has 0 saturated heterocycles. The van der Waals surface area contributed by atoms with Gasteiger partial charge in [0, 0.05) is 24.8 Å². The van der Waals surface area contributed by atoms with Gasteiger partial charge in [0.25, 0.3) is 5.91 Å². The number of hydrogen-bond donors (Lipinski definition) is 7. The molecule has 0 aliphatic carbocycles. The zero-order chi connectivity index (χ0) is 37.9. The van der Waals surface area contributed by atoms with Crippen molar-refractivity contribution >= 4 is 23.8 Å². The number of likely N-dealkylation sites (N-methyl/N-ethyl adjacent to an activating group) is 1. The predicted molar refractivity (Wildman–Crippen MR) is 194 cm³/mol. The molecular formula is C38H52N6O7. The van der Waals surface area contributed by atoms with Crippen LogP contribution in [-0.4, -0.2) is 92.9 Å². The van der Waals surface area contributed by atoms with Gasteiger partial charge >= 0.3 is 11.9 Å². The van der Waals surface area contributed by atoms with Gasteiger partial charge in [0.15, 0.2) is 0 Å². The number of rotatable bonds is 17. The first kappa shape index (κ1) is 40.7. The molecule has 0 bridgehead atoms.